The summed E-state index contributed by atoms with van der Waals surface area (Å²) in [5.74, 6) is 1.32. The summed E-state index contributed by atoms with van der Waals surface area (Å²) < 4.78 is 10.8. The normalized spacial score (nSPS) is 15.6. The topological polar surface area (TPSA) is 18.5 Å². The highest BCUT2D eigenvalue weighted by Gasteiger charge is 2.20. The van der Waals surface area contributed by atoms with Gasteiger partial charge < -0.3 is 9.47 Å². The molecule has 0 aromatic rings. The van der Waals surface area contributed by atoms with Crippen molar-refractivity contribution in [1.82, 2.24) is 0 Å². The molecule has 0 spiro atoms. The fourth-order valence-corrected chi connectivity index (χ4v) is 1.97. The van der Waals surface area contributed by atoms with Crippen molar-refractivity contribution in [3.63, 3.8) is 0 Å². The molecule has 0 amide bonds. The Morgan fingerprint density at radius 2 is 1.67 bits per heavy atom. The van der Waals surface area contributed by atoms with E-state index in [0.29, 0.717) is 12.0 Å². The van der Waals surface area contributed by atoms with Gasteiger partial charge in [0.1, 0.15) is 0 Å². The standard InChI is InChI=1S/C13H28O2/c1-6-7-13(15-5)12(10-14-4)9-8-11(2)3/h11-13H,6-10H2,1-5H3. The minimum atomic E-state index is 0.369. The number of hydrogen-bond donors (Lipinski definition) is 0. The van der Waals surface area contributed by atoms with Crippen LogP contribution in [-0.2, 0) is 9.47 Å². The average Bonchev–Trinajstić information content (AvgIpc) is 2.21. The number of rotatable bonds is 9. The zero-order valence-electron chi connectivity index (χ0n) is 11.1. The minimum Gasteiger partial charge on any atom is -0.384 e. The molecule has 0 saturated heterocycles. The highest BCUT2D eigenvalue weighted by molar-refractivity contribution is 4.70. The second kappa shape index (κ2) is 9.17. The Hall–Kier alpha value is -0.0800. The summed E-state index contributed by atoms with van der Waals surface area (Å²) in [6, 6.07) is 0. The van der Waals surface area contributed by atoms with Gasteiger partial charge in [-0.05, 0) is 18.8 Å². The molecule has 2 nitrogen and oxygen atoms in total. The maximum Gasteiger partial charge on any atom is 0.0621 e. The summed E-state index contributed by atoms with van der Waals surface area (Å²) in [6.45, 7) is 7.57. The van der Waals surface area contributed by atoms with Crippen LogP contribution in [0.4, 0.5) is 0 Å². The first-order chi connectivity index (χ1) is 7.15. The second-order valence-corrected chi connectivity index (χ2v) is 4.75. The highest BCUT2D eigenvalue weighted by atomic mass is 16.5. The minimum absolute atomic E-state index is 0.369. The van der Waals surface area contributed by atoms with E-state index >= 15 is 0 Å². The molecule has 0 aliphatic rings. The van der Waals surface area contributed by atoms with Gasteiger partial charge in [0.15, 0.2) is 0 Å². The third-order valence-electron chi connectivity index (χ3n) is 2.90. The predicted octanol–water partition coefficient (Wildman–Crippen LogP) is 3.50. The molecule has 0 N–H and O–H groups in total. The Morgan fingerprint density at radius 3 is 2.07 bits per heavy atom. The van der Waals surface area contributed by atoms with Crippen LogP contribution in [0.3, 0.4) is 0 Å². The summed E-state index contributed by atoms with van der Waals surface area (Å²) in [5.41, 5.74) is 0. The molecule has 2 atom stereocenters. The van der Waals surface area contributed by atoms with E-state index in [2.05, 4.69) is 20.8 Å². The Labute approximate surface area is 95.3 Å². The first-order valence-corrected chi connectivity index (χ1v) is 6.17. The van der Waals surface area contributed by atoms with Gasteiger partial charge >= 0.3 is 0 Å². The summed E-state index contributed by atoms with van der Waals surface area (Å²) >= 11 is 0. The van der Waals surface area contributed by atoms with Gasteiger partial charge in [-0.15, -0.1) is 0 Å². The van der Waals surface area contributed by atoms with Crippen molar-refractivity contribution < 1.29 is 9.47 Å². The maximum atomic E-state index is 5.56. The third kappa shape index (κ3) is 6.91. The first-order valence-electron chi connectivity index (χ1n) is 6.17. The lowest BCUT2D eigenvalue weighted by Gasteiger charge is -2.25. The Bertz CT molecular complexity index is 134. The number of methoxy groups -OCH3 is 2. The molecule has 0 aromatic carbocycles. The van der Waals surface area contributed by atoms with Crippen LogP contribution in [0.1, 0.15) is 46.5 Å². The van der Waals surface area contributed by atoms with Crippen LogP contribution in [0, 0.1) is 11.8 Å². The smallest absolute Gasteiger partial charge is 0.0621 e. The lowest BCUT2D eigenvalue weighted by molar-refractivity contribution is 0.00376. The Balaban J connectivity index is 4.07. The van der Waals surface area contributed by atoms with Crippen molar-refractivity contribution in [3.8, 4) is 0 Å². The second-order valence-electron chi connectivity index (χ2n) is 4.75. The molecule has 0 aromatic heterocycles. The molecule has 2 heteroatoms. The molecule has 92 valence electrons. The Kier molecular flexibility index (Phi) is 9.12. The van der Waals surface area contributed by atoms with Crippen molar-refractivity contribution in [2.45, 2.75) is 52.6 Å². The van der Waals surface area contributed by atoms with Crippen LogP contribution in [0.2, 0.25) is 0 Å². The Morgan fingerprint density at radius 1 is 1.00 bits per heavy atom. The largest absolute Gasteiger partial charge is 0.384 e. The third-order valence-corrected chi connectivity index (χ3v) is 2.90. The van der Waals surface area contributed by atoms with Crippen molar-refractivity contribution in [2.24, 2.45) is 11.8 Å². The van der Waals surface area contributed by atoms with Crippen molar-refractivity contribution in [3.05, 3.63) is 0 Å². The van der Waals surface area contributed by atoms with Crippen molar-refractivity contribution in [2.75, 3.05) is 20.8 Å². The van der Waals surface area contributed by atoms with Crippen LogP contribution in [0.15, 0.2) is 0 Å². The molecule has 0 heterocycles. The van der Waals surface area contributed by atoms with Crippen LogP contribution in [0.5, 0.6) is 0 Å². The monoisotopic (exact) mass is 216 g/mol. The van der Waals surface area contributed by atoms with Crippen molar-refractivity contribution in [1.29, 1.82) is 0 Å². The molecule has 0 fully saturated rings. The number of hydrogen-bond acceptors (Lipinski definition) is 2. The molecule has 15 heavy (non-hydrogen) atoms. The summed E-state index contributed by atoms with van der Waals surface area (Å²) in [5, 5.41) is 0. The van der Waals surface area contributed by atoms with E-state index in [4.69, 9.17) is 9.47 Å². The molecule has 0 radical (unpaired) electrons. The summed E-state index contributed by atoms with van der Waals surface area (Å²) in [6.07, 6.45) is 5.17. The zero-order chi connectivity index (χ0) is 11.7. The van der Waals surface area contributed by atoms with Gasteiger partial charge in [-0.25, -0.2) is 0 Å². The number of ether oxygens (including phenoxy) is 2. The molecular weight excluding hydrogens is 188 g/mol. The van der Waals surface area contributed by atoms with E-state index in [-0.39, 0.29) is 0 Å². The van der Waals surface area contributed by atoms with Gasteiger partial charge in [0.2, 0.25) is 0 Å². The van der Waals surface area contributed by atoms with E-state index in [0.717, 1.165) is 18.9 Å². The summed E-state index contributed by atoms with van der Waals surface area (Å²) in [7, 11) is 3.60. The molecule has 0 aliphatic carbocycles. The van der Waals surface area contributed by atoms with Gasteiger partial charge in [0.05, 0.1) is 12.7 Å². The van der Waals surface area contributed by atoms with Crippen molar-refractivity contribution >= 4 is 0 Å². The average molecular weight is 216 g/mol. The first kappa shape index (κ1) is 14.9. The molecule has 0 saturated carbocycles. The van der Waals surface area contributed by atoms with Crippen LogP contribution < -0.4 is 0 Å². The van der Waals surface area contributed by atoms with Crippen LogP contribution in [-0.4, -0.2) is 26.9 Å². The van der Waals surface area contributed by atoms with E-state index in [1.54, 1.807) is 7.11 Å². The van der Waals surface area contributed by atoms with Gasteiger partial charge in [0.25, 0.3) is 0 Å². The lowest BCUT2D eigenvalue weighted by Crippen LogP contribution is -2.27. The molecular formula is C13H28O2. The van der Waals surface area contributed by atoms with Crippen LogP contribution in [0.25, 0.3) is 0 Å². The summed E-state index contributed by atoms with van der Waals surface area (Å²) in [4.78, 5) is 0. The lowest BCUT2D eigenvalue weighted by atomic mass is 9.91. The van der Waals surface area contributed by atoms with Crippen LogP contribution >= 0.6 is 0 Å². The van der Waals surface area contributed by atoms with E-state index < -0.39 is 0 Å². The SMILES string of the molecule is CCCC(OC)C(CCC(C)C)COC. The molecule has 2 unspecified atom stereocenters. The van der Waals surface area contributed by atoms with Gasteiger partial charge in [-0.3, -0.25) is 0 Å². The van der Waals surface area contributed by atoms with Gasteiger partial charge in [0, 0.05) is 20.1 Å². The van der Waals surface area contributed by atoms with E-state index in [9.17, 15) is 0 Å². The van der Waals surface area contributed by atoms with E-state index in [1.165, 1.54) is 19.3 Å². The quantitative estimate of drug-likeness (QED) is 0.587. The van der Waals surface area contributed by atoms with Gasteiger partial charge in [-0.2, -0.15) is 0 Å². The molecule has 0 aliphatic heterocycles. The van der Waals surface area contributed by atoms with E-state index in [1.807, 2.05) is 7.11 Å². The highest BCUT2D eigenvalue weighted by Crippen LogP contribution is 2.21. The molecule has 0 bridgehead atoms. The maximum absolute atomic E-state index is 5.56. The fourth-order valence-electron chi connectivity index (χ4n) is 1.97. The van der Waals surface area contributed by atoms with Gasteiger partial charge in [-0.1, -0.05) is 33.6 Å². The molecule has 0 rings (SSSR count). The predicted molar refractivity (Wildman–Crippen MR) is 65.1 cm³/mol. The zero-order valence-corrected chi connectivity index (χ0v) is 11.1. The fraction of sp³-hybridized carbons (Fsp3) is 1.00.